The molecule has 0 fully saturated rings. The molecule has 1 aromatic heterocycles. The van der Waals surface area contributed by atoms with Gasteiger partial charge in [-0.1, -0.05) is 12.1 Å². The molecule has 0 saturated heterocycles. The van der Waals surface area contributed by atoms with Crippen molar-refractivity contribution in [1.29, 1.82) is 0 Å². The lowest BCUT2D eigenvalue weighted by Gasteiger charge is -2.08. The van der Waals surface area contributed by atoms with Crippen molar-refractivity contribution in [3.8, 4) is 11.1 Å². The Bertz CT molecular complexity index is 976. The second-order valence-corrected chi connectivity index (χ2v) is 5.66. The molecule has 0 atom stereocenters. The number of halogens is 5. The molecule has 1 amide bonds. The van der Waals surface area contributed by atoms with Crippen LogP contribution in [0.4, 0.5) is 27.6 Å². The van der Waals surface area contributed by atoms with Crippen LogP contribution in [-0.2, 0) is 0 Å². The highest BCUT2D eigenvalue weighted by Gasteiger charge is 2.19. The van der Waals surface area contributed by atoms with Gasteiger partial charge in [0.05, 0.1) is 5.69 Å². The summed E-state index contributed by atoms with van der Waals surface area (Å²) in [5.74, 6) is -4.86. The van der Waals surface area contributed by atoms with E-state index >= 15 is 0 Å². The number of anilines is 1. The quantitative estimate of drug-likeness (QED) is 0.652. The van der Waals surface area contributed by atoms with E-state index in [1.807, 2.05) is 0 Å². The van der Waals surface area contributed by atoms with Crippen LogP contribution in [0.2, 0.25) is 0 Å². The van der Waals surface area contributed by atoms with Crippen molar-refractivity contribution in [2.75, 3.05) is 5.32 Å². The monoisotopic (exact) mass is 381 g/mol. The van der Waals surface area contributed by atoms with Crippen LogP contribution in [0.3, 0.4) is 0 Å². The third-order valence-corrected chi connectivity index (χ3v) is 3.80. The normalized spacial score (nSPS) is 11.1. The number of hydrogen-bond donors (Lipinski definition) is 1. The third-order valence-electron chi connectivity index (χ3n) is 3.80. The number of rotatable bonds is 4. The van der Waals surface area contributed by atoms with E-state index in [1.54, 1.807) is 6.92 Å². The standard InChI is InChI=1S/C18H12F5N3O/c1-9-13(8-26(25-9)18(22)23)10-2-4-12(5-3-10)24-17(27)16-14(20)6-11(19)7-15(16)21/h2-8,18H,1H3,(H,24,27). The molecule has 1 heterocycles. The van der Waals surface area contributed by atoms with Gasteiger partial charge >= 0.3 is 6.55 Å². The fourth-order valence-corrected chi connectivity index (χ4v) is 2.55. The number of carbonyl (C=O) groups excluding carboxylic acids is 1. The zero-order valence-electron chi connectivity index (χ0n) is 13.8. The molecule has 27 heavy (non-hydrogen) atoms. The second kappa shape index (κ2) is 7.18. The number of carbonyl (C=O) groups is 1. The minimum atomic E-state index is -2.77. The molecule has 3 rings (SSSR count). The topological polar surface area (TPSA) is 46.9 Å². The Morgan fingerprint density at radius 3 is 2.19 bits per heavy atom. The summed E-state index contributed by atoms with van der Waals surface area (Å²) in [5.41, 5.74) is 0.739. The first-order valence-electron chi connectivity index (χ1n) is 7.66. The summed E-state index contributed by atoms with van der Waals surface area (Å²) >= 11 is 0. The molecule has 0 aliphatic heterocycles. The first-order chi connectivity index (χ1) is 12.8. The molecule has 1 N–H and O–H groups in total. The molecular formula is C18H12F5N3O. The maximum atomic E-state index is 13.7. The largest absolute Gasteiger partial charge is 0.333 e. The molecule has 0 aliphatic rings. The molecule has 0 aliphatic carbocycles. The molecule has 0 saturated carbocycles. The van der Waals surface area contributed by atoms with Gasteiger partial charge in [0.25, 0.3) is 5.91 Å². The van der Waals surface area contributed by atoms with E-state index in [9.17, 15) is 26.7 Å². The predicted octanol–water partition coefficient (Wildman–Crippen LogP) is 4.92. The van der Waals surface area contributed by atoms with Crippen molar-refractivity contribution in [2.45, 2.75) is 13.5 Å². The van der Waals surface area contributed by atoms with Gasteiger partial charge in [0.1, 0.15) is 23.0 Å². The lowest BCUT2D eigenvalue weighted by atomic mass is 10.1. The highest BCUT2D eigenvalue weighted by Crippen LogP contribution is 2.26. The molecule has 4 nitrogen and oxygen atoms in total. The van der Waals surface area contributed by atoms with Gasteiger partial charge in [0.2, 0.25) is 0 Å². The summed E-state index contributed by atoms with van der Waals surface area (Å²) in [6, 6.07) is 6.76. The average molecular weight is 381 g/mol. The Morgan fingerprint density at radius 1 is 1.07 bits per heavy atom. The minimum Gasteiger partial charge on any atom is -0.322 e. The Hall–Kier alpha value is -3.23. The highest BCUT2D eigenvalue weighted by molar-refractivity contribution is 6.04. The maximum Gasteiger partial charge on any atom is 0.333 e. The van der Waals surface area contributed by atoms with E-state index in [0.717, 1.165) is 0 Å². The Balaban J connectivity index is 1.81. The van der Waals surface area contributed by atoms with Gasteiger partial charge in [-0.2, -0.15) is 13.9 Å². The Kier molecular flexibility index (Phi) is 4.93. The van der Waals surface area contributed by atoms with E-state index in [0.29, 0.717) is 33.6 Å². The Morgan fingerprint density at radius 2 is 1.67 bits per heavy atom. The number of nitrogens with zero attached hydrogens (tertiary/aromatic N) is 2. The number of amides is 1. The van der Waals surface area contributed by atoms with Crippen molar-refractivity contribution in [3.63, 3.8) is 0 Å². The third kappa shape index (κ3) is 3.81. The van der Waals surface area contributed by atoms with Gasteiger partial charge in [-0.3, -0.25) is 4.79 Å². The molecule has 0 unspecified atom stereocenters. The van der Waals surface area contributed by atoms with E-state index in [1.165, 1.54) is 30.5 Å². The molecule has 0 bridgehead atoms. The van der Waals surface area contributed by atoms with Crippen LogP contribution in [0.25, 0.3) is 11.1 Å². The van der Waals surface area contributed by atoms with Gasteiger partial charge in [-0.05, 0) is 24.6 Å². The first kappa shape index (κ1) is 18.6. The van der Waals surface area contributed by atoms with Crippen molar-refractivity contribution in [3.05, 3.63) is 71.3 Å². The number of nitrogens with one attached hydrogen (secondary N) is 1. The number of hydrogen-bond acceptors (Lipinski definition) is 2. The molecule has 3 aromatic rings. The van der Waals surface area contributed by atoms with Gasteiger partial charge < -0.3 is 5.32 Å². The molecule has 9 heteroatoms. The van der Waals surface area contributed by atoms with E-state index in [-0.39, 0.29) is 5.69 Å². The molecule has 0 spiro atoms. The smallest absolute Gasteiger partial charge is 0.322 e. The molecular weight excluding hydrogens is 369 g/mol. The summed E-state index contributed by atoms with van der Waals surface area (Å²) in [6.45, 7) is -1.19. The van der Waals surface area contributed by atoms with Crippen LogP contribution in [0.15, 0.2) is 42.6 Å². The van der Waals surface area contributed by atoms with Gasteiger partial charge in [-0.25, -0.2) is 17.9 Å². The van der Waals surface area contributed by atoms with Crippen LogP contribution in [0, 0.1) is 24.4 Å². The lowest BCUT2D eigenvalue weighted by molar-refractivity contribution is 0.0563. The van der Waals surface area contributed by atoms with Gasteiger partial charge in [0, 0.05) is 29.6 Å². The predicted molar refractivity (Wildman–Crippen MR) is 87.9 cm³/mol. The highest BCUT2D eigenvalue weighted by atomic mass is 19.3. The van der Waals surface area contributed by atoms with Crippen LogP contribution in [0.5, 0.6) is 0 Å². The minimum absolute atomic E-state index is 0.214. The van der Waals surface area contributed by atoms with E-state index in [4.69, 9.17) is 0 Å². The number of aromatic nitrogens is 2. The number of benzene rings is 2. The second-order valence-electron chi connectivity index (χ2n) is 5.66. The van der Waals surface area contributed by atoms with Crippen LogP contribution < -0.4 is 5.32 Å². The van der Waals surface area contributed by atoms with E-state index in [2.05, 4.69) is 10.4 Å². The van der Waals surface area contributed by atoms with Gasteiger partial charge in [-0.15, -0.1) is 0 Å². The zero-order valence-corrected chi connectivity index (χ0v) is 13.8. The van der Waals surface area contributed by atoms with Crippen LogP contribution >= 0.6 is 0 Å². The summed E-state index contributed by atoms with van der Waals surface area (Å²) in [5, 5.41) is 6.00. The molecule has 0 radical (unpaired) electrons. The summed E-state index contributed by atoms with van der Waals surface area (Å²) < 4.78 is 66.2. The van der Waals surface area contributed by atoms with E-state index < -0.39 is 35.5 Å². The van der Waals surface area contributed by atoms with Crippen molar-refractivity contribution >= 4 is 11.6 Å². The lowest BCUT2D eigenvalue weighted by Crippen LogP contribution is -2.16. The van der Waals surface area contributed by atoms with Crippen molar-refractivity contribution < 1.29 is 26.7 Å². The van der Waals surface area contributed by atoms with Gasteiger partial charge in [0.15, 0.2) is 0 Å². The molecule has 2 aromatic carbocycles. The van der Waals surface area contributed by atoms with Crippen molar-refractivity contribution in [2.24, 2.45) is 0 Å². The number of alkyl halides is 2. The number of aryl methyl sites for hydroxylation is 1. The summed E-state index contributed by atoms with van der Waals surface area (Å²) in [7, 11) is 0. The maximum absolute atomic E-state index is 13.7. The van der Waals surface area contributed by atoms with Crippen molar-refractivity contribution in [1.82, 2.24) is 9.78 Å². The molecule has 140 valence electrons. The first-order valence-corrected chi connectivity index (χ1v) is 7.66. The van der Waals surface area contributed by atoms with Crippen LogP contribution in [0.1, 0.15) is 22.6 Å². The fourth-order valence-electron chi connectivity index (χ4n) is 2.55. The zero-order chi connectivity index (χ0) is 19.7. The SMILES string of the molecule is Cc1nn(C(F)F)cc1-c1ccc(NC(=O)c2c(F)cc(F)cc2F)cc1. The van der Waals surface area contributed by atoms with Crippen LogP contribution in [-0.4, -0.2) is 15.7 Å². The fraction of sp³-hybridized carbons (Fsp3) is 0.111. The Labute approximate surface area is 150 Å². The summed E-state index contributed by atoms with van der Waals surface area (Å²) in [6.07, 6.45) is 1.19. The average Bonchev–Trinajstić information content (AvgIpc) is 2.97. The summed E-state index contributed by atoms with van der Waals surface area (Å²) in [4.78, 5) is 12.0.